The summed E-state index contributed by atoms with van der Waals surface area (Å²) >= 11 is 0. The lowest BCUT2D eigenvalue weighted by atomic mass is 10.0. The summed E-state index contributed by atoms with van der Waals surface area (Å²) in [7, 11) is 0. The standard InChI is InChI=1S/C13H17N3O4/c1-13(2)12(19)16(6-11(18)15-14)9-4-3-8(7-17)5-10(9)20-13/h3-5,17H,6-7,14H2,1-2H3,(H,15,18). The fourth-order valence-electron chi connectivity index (χ4n) is 2.06. The van der Waals surface area contributed by atoms with Crippen molar-refractivity contribution in [3.63, 3.8) is 0 Å². The molecule has 2 amide bonds. The molecule has 4 N–H and O–H groups in total. The number of fused-ring (bicyclic) bond motifs is 1. The molecule has 7 heteroatoms. The largest absolute Gasteiger partial charge is 0.476 e. The number of nitrogens with two attached hydrogens (primary N) is 1. The first-order valence-corrected chi connectivity index (χ1v) is 6.13. The number of rotatable bonds is 3. The lowest BCUT2D eigenvalue weighted by Crippen LogP contribution is -2.55. The van der Waals surface area contributed by atoms with Gasteiger partial charge >= 0.3 is 0 Å². The van der Waals surface area contributed by atoms with Gasteiger partial charge in [-0.25, -0.2) is 5.84 Å². The summed E-state index contributed by atoms with van der Waals surface area (Å²) in [6.45, 7) is 2.93. The van der Waals surface area contributed by atoms with Crippen LogP contribution in [0.1, 0.15) is 19.4 Å². The summed E-state index contributed by atoms with van der Waals surface area (Å²) in [6.07, 6.45) is 0. The summed E-state index contributed by atoms with van der Waals surface area (Å²) in [5, 5.41) is 9.15. The molecule has 0 aliphatic carbocycles. The van der Waals surface area contributed by atoms with Gasteiger partial charge in [-0.2, -0.15) is 0 Å². The van der Waals surface area contributed by atoms with E-state index in [9.17, 15) is 9.59 Å². The fourth-order valence-corrected chi connectivity index (χ4v) is 2.06. The Morgan fingerprint density at radius 2 is 2.20 bits per heavy atom. The lowest BCUT2D eigenvalue weighted by Gasteiger charge is -2.38. The molecule has 1 aromatic carbocycles. The minimum absolute atomic E-state index is 0.131. The summed E-state index contributed by atoms with van der Waals surface area (Å²) in [6, 6.07) is 4.95. The first kappa shape index (κ1) is 14.3. The molecule has 2 rings (SSSR count). The van der Waals surface area contributed by atoms with Gasteiger partial charge in [0.25, 0.3) is 11.8 Å². The van der Waals surface area contributed by atoms with Gasteiger partial charge in [0.15, 0.2) is 5.60 Å². The number of hydrazine groups is 1. The number of aliphatic hydroxyl groups is 1. The van der Waals surface area contributed by atoms with Crippen LogP contribution in [0.25, 0.3) is 0 Å². The average molecular weight is 279 g/mol. The Labute approximate surface area is 116 Å². The zero-order chi connectivity index (χ0) is 14.9. The van der Waals surface area contributed by atoms with E-state index in [0.29, 0.717) is 17.0 Å². The Kier molecular flexibility index (Phi) is 3.65. The third kappa shape index (κ3) is 2.45. The van der Waals surface area contributed by atoms with Crippen molar-refractivity contribution >= 4 is 17.5 Å². The molecule has 0 atom stereocenters. The van der Waals surface area contributed by atoms with Crippen molar-refractivity contribution in [2.75, 3.05) is 11.4 Å². The summed E-state index contributed by atoms with van der Waals surface area (Å²) in [5.41, 5.74) is 2.06. The molecule has 7 nitrogen and oxygen atoms in total. The van der Waals surface area contributed by atoms with Crippen molar-refractivity contribution in [3.05, 3.63) is 23.8 Å². The van der Waals surface area contributed by atoms with E-state index in [1.54, 1.807) is 32.0 Å². The van der Waals surface area contributed by atoms with Crippen LogP contribution in [0.2, 0.25) is 0 Å². The molecule has 0 bridgehead atoms. The Morgan fingerprint density at radius 3 is 2.80 bits per heavy atom. The number of nitrogens with zero attached hydrogens (tertiary/aromatic N) is 1. The van der Waals surface area contributed by atoms with Crippen LogP contribution < -0.4 is 20.9 Å². The number of nitrogens with one attached hydrogen (secondary N) is 1. The predicted molar refractivity (Wildman–Crippen MR) is 71.8 cm³/mol. The molecule has 20 heavy (non-hydrogen) atoms. The van der Waals surface area contributed by atoms with Crippen molar-refractivity contribution in [2.45, 2.75) is 26.1 Å². The topological polar surface area (TPSA) is 105 Å². The van der Waals surface area contributed by atoms with Gasteiger partial charge in [-0.1, -0.05) is 6.07 Å². The maximum atomic E-state index is 12.3. The molecule has 0 fully saturated rings. The minimum atomic E-state index is -1.09. The molecular weight excluding hydrogens is 262 g/mol. The quantitative estimate of drug-likeness (QED) is 0.399. The second-order valence-electron chi connectivity index (χ2n) is 5.03. The molecule has 0 aromatic heterocycles. The maximum Gasteiger partial charge on any atom is 0.271 e. The van der Waals surface area contributed by atoms with E-state index in [4.69, 9.17) is 15.7 Å². The minimum Gasteiger partial charge on any atom is -0.476 e. The van der Waals surface area contributed by atoms with Crippen LogP contribution in [0.3, 0.4) is 0 Å². The molecule has 108 valence electrons. The van der Waals surface area contributed by atoms with Crippen LogP contribution >= 0.6 is 0 Å². The normalized spacial score (nSPS) is 16.4. The number of anilines is 1. The van der Waals surface area contributed by atoms with Crippen LogP contribution in [0, 0.1) is 0 Å². The number of carbonyl (C=O) groups is 2. The SMILES string of the molecule is CC1(C)Oc2cc(CO)ccc2N(CC(=O)NN)C1=O. The number of aliphatic hydroxyl groups excluding tert-OH is 1. The third-order valence-corrected chi connectivity index (χ3v) is 3.09. The monoisotopic (exact) mass is 279 g/mol. The van der Waals surface area contributed by atoms with Crippen molar-refractivity contribution < 1.29 is 19.4 Å². The Bertz CT molecular complexity index is 557. The van der Waals surface area contributed by atoms with Crippen LogP contribution in [-0.4, -0.2) is 29.1 Å². The van der Waals surface area contributed by atoms with Gasteiger partial charge in [0, 0.05) is 0 Å². The van der Waals surface area contributed by atoms with Crippen LogP contribution in [0.4, 0.5) is 5.69 Å². The molecule has 0 saturated carbocycles. The third-order valence-electron chi connectivity index (χ3n) is 3.09. The van der Waals surface area contributed by atoms with Crippen LogP contribution in [-0.2, 0) is 16.2 Å². The highest BCUT2D eigenvalue weighted by Crippen LogP contribution is 2.38. The Morgan fingerprint density at radius 1 is 1.50 bits per heavy atom. The van der Waals surface area contributed by atoms with Crippen molar-refractivity contribution in [1.29, 1.82) is 0 Å². The van der Waals surface area contributed by atoms with Gasteiger partial charge < -0.3 is 9.84 Å². The molecule has 1 aliphatic rings. The Balaban J connectivity index is 2.46. The van der Waals surface area contributed by atoms with Crippen molar-refractivity contribution in [3.8, 4) is 5.75 Å². The lowest BCUT2D eigenvalue weighted by molar-refractivity contribution is -0.134. The smallest absolute Gasteiger partial charge is 0.271 e. The molecular formula is C13H17N3O4. The van der Waals surface area contributed by atoms with Gasteiger partial charge in [-0.15, -0.1) is 0 Å². The van der Waals surface area contributed by atoms with E-state index in [-0.39, 0.29) is 19.1 Å². The molecule has 0 spiro atoms. The molecule has 1 aliphatic heterocycles. The second-order valence-corrected chi connectivity index (χ2v) is 5.03. The zero-order valence-corrected chi connectivity index (χ0v) is 11.3. The molecule has 0 radical (unpaired) electrons. The van der Waals surface area contributed by atoms with Gasteiger partial charge in [0.1, 0.15) is 12.3 Å². The van der Waals surface area contributed by atoms with Crippen LogP contribution in [0.5, 0.6) is 5.75 Å². The number of amides is 2. The molecule has 0 saturated heterocycles. The van der Waals surface area contributed by atoms with Crippen molar-refractivity contribution in [1.82, 2.24) is 5.43 Å². The predicted octanol–water partition coefficient (Wildman–Crippen LogP) is -0.327. The summed E-state index contributed by atoms with van der Waals surface area (Å²) in [4.78, 5) is 25.1. The number of carbonyl (C=O) groups excluding carboxylic acids is 2. The van der Waals surface area contributed by atoms with Crippen molar-refractivity contribution in [2.24, 2.45) is 5.84 Å². The van der Waals surface area contributed by atoms with E-state index >= 15 is 0 Å². The fraction of sp³-hybridized carbons (Fsp3) is 0.385. The summed E-state index contributed by atoms with van der Waals surface area (Å²) < 4.78 is 5.65. The van der Waals surface area contributed by atoms with Gasteiger partial charge in [0.2, 0.25) is 0 Å². The maximum absolute atomic E-state index is 12.3. The van der Waals surface area contributed by atoms with Crippen LogP contribution in [0.15, 0.2) is 18.2 Å². The number of ether oxygens (including phenoxy) is 1. The van der Waals surface area contributed by atoms with E-state index in [2.05, 4.69) is 0 Å². The van der Waals surface area contributed by atoms with E-state index in [1.807, 2.05) is 5.43 Å². The highest BCUT2D eigenvalue weighted by atomic mass is 16.5. The Hall–Kier alpha value is -2.12. The highest BCUT2D eigenvalue weighted by Gasteiger charge is 2.41. The number of benzene rings is 1. The van der Waals surface area contributed by atoms with Gasteiger partial charge in [0.05, 0.1) is 12.3 Å². The second kappa shape index (κ2) is 5.10. The van der Waals surface area contributed by atoms with E-state index < -0.39 is 11.5 Å². The average Bonchev–Trinajstić information content (AvgIpc) is 2.42. The number of hydrogen-bond acceptors (Lipinski definition) is 5. The van der Waals surface area contributed by atoms with E-state index in [0.717, 1.165) is 0 Å². The van der Waals surface area contributed by atoms with Gasteiger partial charge in [-0.05, 0) is 31.5 Å². The first-order valence-electron chi connectivity index (χ1n) is 6.13. The molecule has 0 unspecified atom stereocenters. The molecule has 1 aromatic rings. The van der Waals surface area contributed by atoms with Gasteiger partial charge in [-0.3, -0.25) is 19.9 Å². The summed E-state index contributed by atoms with van der Waals surface area (Å²) in [5.74, 6) is 4.71. The van der Waals surface area contributed by atoms with E-state index in [1.165, 1.54) is 4.90 Å². The highest BCUT2D eigenvalue weighted by molar-refractivity contribution is 6.05. The first-order chi connectivity index (χ1) is 9.39. The number of hydrogen-bond donors (Lipinski definition) is 3. The molecule has 1 heterocycles. The zero-order valence-electron chi connectivity index (χ0n) is 11.3.